The minimum absolute atomic E-state index is 0.0110. The molecule has 9 heteroatoms. The largest absolute Gasteiger partial charge is 0.378 e. The Hall–Kier alpha value is -1.71. The molecule has 1 fully saturated rings. The van der Waals surface area contributed by atoms with Crippen LogP contribution in [0.15, 0.2) is 23.1 Å². The van der Waals surface area contributed by atoms with Crippen LogP contribution in [0.1, 0.15) is 79.1 Å². The Bertz CT molecular complexity index is 869. The predicted octanol–water partition coefficient (Wildman–Crippen LogP) is 5.85. The molecule has 0 radical (unpaired) electrons. The van der Waals surface area contributed by atoms with E-state index in [1.54, 1.807) is 16.4 Å². The van der Waals surface area contributed by atoms with Gasteiger partial charge >= 0.3 is 0 Å². The molecule has 0 aliphatic carbocycles. The topological polar surface area (TPSA) is 93.0 Å². The highest BCUT2D eigenvalue weighted by atomic mass is 32.2. The van der Waals surface area contributed by atoms with Crippen LogP contribution in [-0.2, 0) is 14.8 Å². The molecule has 1 aromatic rings. The Morgan fingerprint density at radius 2 is 1.54 bits per heavy atom. The van der Waals surface area contributed by atoms with Gasteiger partial charge in [-0.25, -0.2) is 8.42 Å². The van der Waals surface area contributed by atoms with E-state index in [1.165, 1.54) is 6.07 Å². The lowest BCUT2D eigenvalue weighted by Crippen LogP contribution is -2.39. The fourth-order valence-electron chi connectivity index (χ4n) is 4.71. The highest BCUT2D eigenvalue weighted by molar-refractivity contribution is 7.89. The third-order valence-electron chi connectivity index (χ3n) is 7.14. The molecule has 0 aromatic heterocycles. The SMILES string of the molecule is CCCCC(CC)CN(CC(CC)CCCC)S(=O)(=O)c1ccc(N2CCOCC2)c([N+](=O)[O-])c1. The first-order chi connectivity index (χ1) is 16.8. The van der Waals surface area contributed by atoms with Crippen LogP contribution in [0.3, 0.4) is 0 Å². The van der Waals surface area contributed by atoms with Crippen molar-refractivity contribution in [2.45, 2.75) is 84.0 Å². The smallest absolute Gasteiger partial charge is 0.293 e. The van der Waals surface area contributed by atoms with Crippen LogP contribution >= 0.6 is 0 Å². The van der Waals surface area contributed by atoms with E-state index in [1.807, 2.05) is 4.90 Å². The van der Waals surface area contributed by atoms with E-state index in [2.05, 4.69) is 27.7 Å². The van der Waals surface area contributed by atoms with E-state index >= 15 is 0 Å². The van der Waals surface area contributed by atoms with Crippen molar-refractivity contribution in [2.24, 2.45) is 11.8 Å². The van der Waals surface area contributed by atoms with Crippen LogP contribution in [-0.4, -0.2) is 57.0 Å². The zero-order chi connectivity index (χ0) is 25.8. The van der Waals surface area contributed by atoms with Crippen LogP contribution in [0.2, 0.25) is 0 Å². The number of sulfonamides is 1. The van der Waals surface area contributed by atoms with Gasteiger partial charge in [-0.15, -0.1) is 0 Å². The summed E-state index contributed by atoms with van der Waals surface area (Å²) >= 11 is 0. The van der Waals surface area contributed by atoms with Crippen LogP contribution in [0.4, 0.5) is 11.4 Å². The highest BCUT2D eigenvalue weighted by Gasteiger charge is 2.31. The molecule has 1 heterocycles. The molecule has 200 valence electrons. The van der Waals surface area contributed by atoms with E-state index in [0.29, 0.717) is 45.1 Å². The number of anilines is 1. The predicted molar refractivity (Wildman–Crippen MR) is 141 cm³/mol. The summed E-state index contributed by atoms with van der Waals surface area (Å²) in [5.41, 5.74) is 0.288. The van der Waals surface area contributed by atoms with Crippen molar-refractivity contribution >= 4 is 21.4 Å². The number of morpholine rings is 1. The zero-order valence-corrected chi connectivity index (χ0v) is 22.9. The van der Waals surface area contributed by atoms with Crippen molar-refractivity contribution in [3.05, 3.63) is 28.3 Å². The quantitative estimate of drug-likeness (QED) is 0.204. The molecule has 1 aromatic carbocycles. The molecular weight excluding hydrogens is 466 g/mol. The zero-order valence-electron chi connectivity index (χ0n) is 22.1. The third kappa shape index (κ3) is 8.43. The van der Waals surface area contributed by atoms with E-state index in [0.717, 1.165) is 51.4 Å². The Balaban J connectivity index is 2.42. The van der Waals surface area contributed by atoms with Crippen molar-refractivity contribution in [1.82, 2.24) is 4.31 Å². The fraction of sp³-hybridized carbons (Fsp3) is 0.769. The summed E-state index contributed by atoms with van der Waals surface area (Å²) in [5.74, 6) is 0.548. The second kappa shape index (κ2) is 14.8. The van der Waals surface area contributed by atoms with Gasteiger partial charge in [-0.05, 0) is 36.8 Å². The Kier molecular flexibility index (Phi) is 12.4. The minimum atomic E-state index is -3.88. The van der Waals surface area contributed by atoms with Gasteiger partial charge in [-0.2, -0.15) is 4.31 Å². The third-order valence-corrected chi connectivity index (χ3v) is 8.97. The first-order valence-electron chi connectivity index (χ1n) is 13.4. The summed E-state index contributed by atoms with van der Waals surface area (Å²) in [4.78, 5) is 13.4. The number of benzene rings is 1. The number of ether oxygens (including phenoxy) is 1. The maximum Gasteiger partial charge on any atom is 0.293 e. The molecule has 1 aliphatic rings. The molecule has 1 saturated heterocycles. The average Bonchev–Trinajstić information content (AvgIpc) is 2.87. The maximum absolute atomic E-state index is 13.9. The van der Waals surface area contributed by atoms with Gasteiger partial charge in [0.05, 0.1) is 23.0 Å². The van der Waals surface area contributed by atoms with Crippen molar-refractivity contribution in [3.63, 3.8) is 0 Å². The van der Waals surface area contributed by atoms with Gasteiger partial charge in [0.1, 0.15) is 5.69 Å². The molecule has 0 bridgehead atoms. The molecule has 0 amide bonds. The van der Waals surface area contributed by atoms with Gasteiger partial charge < -0.3 is 9.64 Å². The number of hydrogen-bond donors (Lipinski definition) is 0. The average molecular weight is 512 g/mol. The molecule has 0 N–H and O–H groups in total. The summed E-state index contributed by atoms with van der Waals surface area (Å²) in [5, 5.41) is 11.9. The molecular formula is C26H45N3O5S. The number of hydrogen-bond acceptors (Lipinski definition) is 6. The van der Waals surface area contributed by atoms with Crippen molar-refractivity contribution in [2.75, 3.05) is 44.3 Å². The number of nitro groups is 1. The lowest BCUT2D eigenvalue weighted by atomic mass is 9.97. The summed E-state index contributed by atoms with van der Waals surface area (Å²) in [6.45, 7) is 11.5. The Morgan fingerprint density at radius 3 is 2.00 bits per heavy atom. The van der Waals surface area contributed by atoms with Gasteiger partial charge in [0.2, 0.25) is 10.0 Å². The van der Waals surface area contributed by atoms with Crippen molar-refractivity contribution in [1.29, 1.82) is 0 Å². The van der Waals surface area contributed by atoms with Crippen molar-refractivity contribution in [3.8, 4) is 0 Å². The lowest BCUT2D eigenvalue weighted by molar-refractivity contribution is -0.384. The molecule has 0 spiro atoms. The highest BCUT2D eigenvalue weighted by Crippen LogP contribution is 2.33. The molecule has 8 nitrogen and oxygen atoms in total. The fourth-order valence-corrected chi connectivity index (χ4v) is 6.32. The van der Waals surface area contributed by atoms with Crippen molar-refractivity contribution < 1.29 is 18.1 Å². The summed E-state index contributed by atoms with van der Waals surface area (Å²) in [6.07, 6.45) is 8.08. The van der Waals surface area contributed by atoms with Crippen LogP contribution in [0.25, 0.3) is 0 Å². The van der Waals surface area contributed by atoms with Crippen LogP contribution in [0, 0.1) is 22.0 Å². The summed E-state index contributed by atoms with van der Waals surface area (Å²) in [7, 11) is -3.88. The number of nitro benzene ring substituents is 1. The molecule has 0 saturated carbocycles. The second-order valence-corrected chi connectivity index (χ2v) is 11.6. The standard InChI is InChI=1S/C26H45N3O5S/c1-5-9-11-22(7-3)20-28(21-23(8-4)12-10-6-2)35(32,33)24-13-14-25(26(19-24)29(30)31)27-15-17-34-18-16-27/h13-14,19,22-23H,5-12,15-18,20-21H2,1-4H3. The van der Waals surface area contributed by atoms with E-state index in [9.17, 15) is 18.5 Å². The number of nitrogens with zero attached hydrogens (tertiary/aromatic N) is 3. The van der Waals surface area contributed by atoms with E-state index in [-0.39, 0.29) is 22.4 Å². The monoisotopic (exact) mass is 511 g/mol. The van der Waals surface area contributed by atoms with Gasteiger partial charge in [0, 0.05) is 32.2 Å². The molecule has 2 rings (SSSR count). The van der Waals surface area contributed by atoms with Gasteiger partial charge in [-0.1, -0.05) is 66.2 Å². The molecule has 35 heavy (non-hydrogen) atoms. The van der Waals surface area contributed by atoms with Gasteiger partial charge in [-0.3, -0.25) is 10.1 Å². The minimum Gasteiger partial charge on any atom is -0.378 e. The van der Waals surface area contributed by atoms with Gasteiger partial charge in [0.25, 0.3) is 5.69 Å². The van der Waals surface area contributed by atoms with Crippen LogP contribution in [0.5, 0.6) is 0 Å². The lowest BCUT2D eigenvalue weighted by Gasteiger charge is -2.31. The van der Waals surface area contributed by atoms with Crippen LogP contribution < -0.4 is 4.90 Å². The number of rotatable bonds is 16. The molecule has 1 aliphatic heterocycles. The van der Waals surface area contributed by atoms with E-state index < -0.39 is 14.9 Å². The normalized spacial score (nSPS) is 16.4. The second-order valence-electron chi connectivity index (χ2n) is 9.66. The first-order valence-corrected chi connectivity index (χ1v) is 14.8. The van der Waals surface area contributed by atoms with Gasteiger partial charge in [0.15, 0.2) is 0 Å². The summed E-state index contributed by atoms with van der Waals surface area (Å²) in [6, 6.07) is 4.39. The summed E-state index contributed by atoms with van der Waals surface area (Å²) < 4.78 is 34.8. The number of unbranched alkanes of at least 4 members (excludes halogenated alkanes) is 2. The maximum atomic E-state index is 13.9. The van der Waals surface area contributed by atoms with E-state index in [4.69, 9.17) is 4.74 Å². The molecule has 2 unspecified atom stereocenters. The Morgan fingerprint density at radius 1 is 1.00 bits per heavy atom. The molecule has 2 atom stereocenters. The Labute approximate surface area is 212 Å². The first kappa shape index (κ1) is 29.5.